The second kappa shape index (κ2) is 11.8. The molecule has 114 valence electrons. The first-order valence-electron chi connectivity index (χ1n) is 7.84. The largest absolute Gasteiger partial charge is 0.508 e. The molecule has 0 aliphatic rings. The van der Waals surface area contributed by atoms with Crippen molar-refractivity contribution in [3.63, 3.8) is 0 Å². The van der Waals surface area contributed by atoms with Gasteiger partial charge in [-0.25, -0.2) is 0 Å². The maximum absolute atomic E-state index is 11.6. The van der Waals surface area contributed by atoms with Crippen LogP contribution < -0.4 is 0 Å². The Morgan fingerprint density at radius 1 is 0.895 bits per heavy atom. The lowest BCUT2D eigenvalue weighted by Gasteiger charge is -2.21. The number of nitrogens with zero attached hydrogens (tertiary/aromatic N) is 1. The van der Waals surface area contributed by atoms with Crippen molar-refractivity contribution in [2.24, 2.45) is 0 Å². The van der Waals surface area contributed by atoms with Crippen LogP contribution in [0.25, 0.3) is 0 Å². The van der Waals surface area contributed by atoms with E-state index >= 15 is 0 Å². The number of quaternary nitrogens is 1. The molecule has 0 aromatic carbocycles. The van der Waals surface area contributed by atoms with Gasteiger partial charge in [-0.1, -0.05) is 45.4 Å². The lowest BCUT2D eigenvalue weighted by Crippen LogP contribution is -2.37. The third kappa shape index (κ3) is 16.0. The highest BCUT2D eigenvalue weighted by atomic mass is 31.1. The monoisotopic (exact) mass is 291 g/mol. The van der Waals surface area contributed by atoms with E-state index in [2.05, 4.69) is 28.1 Å². The fourth-order valence-corrected chi connectivity index (χ4v) is 2.75. The van der Waals surface area contributed by atoms with Gasteiger partial charge in [0.15, 0.2) is 12.8 Å². The van der Waals surface area contributed by atoms with Crippen molar-refractivity contribution in [3.8, 4) is 0 Å². The minimum atomic E-state index is -1.42. The van der Waals surface area contributed by atoms with Crippen molar-refractivity contribution in [1.29, 1.82) is 0 Å². The van der Waals surface area contributed by atoms with Crippen molar-refractivity contribution in [2.45, 2.75) is 58.3 Å². The molecule has 19 heavy (non-hydrogen) atoms. The lowest BCUT2D eigenvalue weighted by atomic mass is 10.1. The Balaban J connectivity index is 3.25. The fraction of sp³-hybridized carbons (Fsp3) is 1.00. The van der Waals surface area contributed by atoms with E-state index in [9.17, 15) is 4.57 Å². The quantitative estimate of drug-likeness (QED) is 0.282. The summed E-state index contributed by atoms with van der Waals surface area (Å²) in [5.41, 5.74) is 0. The molecule has 0 heterocycles. The Morgan fingerprint density at radius 2 is 1.42 bits per heavy atom. The topological polar surface area (TPSA) is 26.3 Å². The zero-order valence-electron chi connectivity index (χ0n) is 13.5. The predicted molar refractivity (Wildman–Crippen MR) is 83.9 cm³/mol. The molecular weight excluding hydrogens is 257 g/mol. The average Bonchev–Trinajstić information content (AvgIpc) is 2.31. The van der Waals surface area contributed by atoms with Gasteiger partial charge in [-0.05, 0) is 17.4 Å². The molecule has 0 amide bonds. The molecule has 4 heteroatoms. The first kappa shape index (κ1) is 19.0. The summed E-state index contributed by atoms with van der Waals surface area (Å²) in [6.45, 7) is 3.77. The fourth-order valence-electron chi connectivity index (χ4n) is 1.86. The van der Waals surface area contributed by atoms with E-state index in [1.165, 1.54) is 44.9 Å². The highest BCUT2D eigenvalue weighted by Gasteiger charge is 2.18. The second-order valence-corrected chi connectivity index (χ2v) is 7.75. The normalized spacial score (nSPS) is 12.7. The number of likely N-dealkylation sites (N-methyl/N-ethyl adjacent to an activating group) is 1. The van der Waals surface area contributed by atoms with E-state index in [1.807, 2.05) is 0 Å². The van der Waals surface area contributed by atoms with Crippen molar-refractivity contribution in [1.82, 2.24) is 0 Å². The summed E-state index contributed by atoms with van der Waals surface area (Å²) in [7, 11) is 4.94. The standard InChI is InChI=1S/C15H34NO2P/c1-5-6-7-8-9-10-11-12-15-19(17)18-14-13-16(2,3)4/h5-15H2,1-4H3/q+2. The van der Waals surface area contributed by atoms with Crippen molar-refractivity contribution in [2.75, 3.05) is 40.5 Å². The van der Waals surface area contributed by atoms with E-state index in [4.69, 9.17) is 4.52 Å². The van der Waals surface area contributed by atoms with Gasteiger partial charge < -0.3 is 4.48 Å². The van der Waals surface area contributed by atoms with Gasteiger partial charge in [0, 0.05) is 0 Å². The lowest BCUT2D eigenvalue weighted by molar-refractivity contribution is -0.870. The SMILES string of the molecule is CCCCCCCCCC[P+](=O)OCC[N+](C)(C)C. The number of hydrogen-bond donors (Lipinski definition) is 0. The molecule has 0 fully saturated rings. The van der Waals surface area contributed by atoms with Crippen LogP contribution in [-0.2, 0) is 9.09 Å². The molecule has 0 aliphatic carbocycles. The van der Waals surface area contributed by atoms with Gasteiger partial charge in [0.2, 0.25) is 0 Å². The molecule has 1 atom stereocenters. The van der Waals surface area contributed by atoms with Crippen molar-refractivity contribution >= 4 is 8.03 Å². The van der Waals surface area contributed by atoms with E-state index < -0.39 is 8.03 Å². The van der Waals surface area contributed by atoms with Crippen molar-refractivity contribution < 1.29 is 13.6 Å². The van der Waals surface area contributed by atoms with Crippen LogP contribution >= 0.6 is 8.03 Å². The maximum Gasteiger partial charge on any atom is 0.508 e. The zero-order chi connectivity index (χ0) is 14.6. The van der Waals surface area contributed by atoms with Crippen LogP contribution in [0, 0.1) is 0 Å². The van der Waals surface area contributed by atoms with Gasteiger partial charge in [-0.2, -0.15) is 0 Å². The van der Waals surface area contributed by atoms with Crippen LogP contribution in [-0.4, -0.2) is 44.9 Å². The Labute approximate surface area is 121 Å². The van der Waals surface area contributed by atoms with Gasteiger partial charge in [0.05, 0.1) is 21.1 Å². The van der Waals surface area contributed by atoms with Gasteiger partial charge in [0.1, 0.15) is 6.54 Å². The zero-order valence-corrected chi connectivity index (χ0v) is 14.4. The highest BCUT2D eigenvalue weighted by molar-refractivity contribution is 7.39. The first-order valence-corrected chi connectivity index (χ1v) is 9.20. The van der Waals surface area contributed by atoms with E-state index in [1.54, 1.807) is 0 Å². The third-order valence-electron chi connectivity index (χ3n) is 3.19. The smallest absolute Gasteiger partial charge is 0.329 e. The highest BCUT2D eigenvalue weighted by Crippen LogP contribution is 2.24. The Morgan fingerprint density at radius 3 is 1.95 bits per heavy atom. The van der Waals surface area contributed by atoms with Gasteiger partial charge in [0.25, 0.3) is 0 Å². The number of unbranched alkanes of at least 4 members (excludes halogenated alkanes) is 7. The minimum Gasteiger partial charge on any atom is -0.329 e. The number of rotatable bonds is 13. The molecule has 0 radical (unpaired) electrons. The van der Waals surface area contributed by atoms with Crippen LogP contribution in [0.1, 0.15) is 58.3 Å². The summed E-state index contributed by atoms with van der Waals surface area (Å²) in [6.07, 6.45) is 11.0. The Hall–Kier alpha value is 0.0200. The maximum atomic E-state index is 11.6. The molecule has 0 spiro atoms. The van der Waals surface area contributed by atoms with E-state index in [0.29, 0.717) is 6.61 Å². The van der Waals surface area contributed by atoms with E-state index in [0.717, 1.165) is 23.6 Å². The van der Waals surface area contributed by atoms with Gasteiger partial charge in [-0.3, -0.25) is 0 Å². The number of hydrogen-bond acceptors (Lipinski definition) is 2. The molecule has 0 N–H and O–H groups in total. The van der Waals surface area contributed by atoms with Crippen LogP contribution in [0.3, 0.4) is 0 Å². The third-order valence-corrected chi connectivity index (χ3v) is 4.34. The second-order valence-electron chi connectivity index (χ2n) is 6.38. The molecule has 0 saturated heterocycles. The van der Waals surface area contributed by atoms with Crippen LogP contribution in [0.4, 0.5) is 0 Å². The van der Waals surface area contributed by atoms with Gasteiger partial charge >= 0.3 is 8.03 Å². The molecular formula is C15H34NO2P+2. The molecule has 0 bridgehead atoms. The van der Waals surface area contributed by atoms with E-state index in [-0.39, 0.29) is 0 Å². The average molecular weight is 291 g/mol. The first-order chi connectivity index (χ1) is 8.95. The summed E-state index contributed by atoms with van der Waals surface area (Å²) in [6, 6.07) is 0. The Kier molecular flexibility index (Phi) is 11.8. The summed E-state index contributed by atoms with van der Waals surface area (Å²) in [5, 5.41) is 0. The van der Waals surface area contributed by atoms with Crippen molar-refractivity contribution in [3.05, 3.63) is 0 Å². The molecule has 0 aliphatic heterocycles. The molecule has 0 saturated carbocycles. The molecule has 0 aromatic rings. The van der Waals surface area contributed by atoms with Gasteiger partial charge in [-0.15, -0.1) is 4.52 Å². The molecule has 3 nitrogen and oxygen atoms in total. The minimum absolute atomic E-state index is 0.607. The molecule has 1 unspecified atom stereocenters. The molecule has 0 aromatic heterocycles. The summed E-state index contributed by atoms with van der Waals surface area (Å²) < 4.78 is 17.9. The summed E-state index contributed by atoms with van der Waals surface area (Å²) in [5.74, 6) is 0. The predicted octanol–water partition coefficient (Wildman–Crippen LogP) is 4.59. The summed E-state index contributed by atoms with van der Waals surface area (Å²) >= 11 is 0. The molecule has 0 rings (SSSR count). The van der Waals surface area contributed by atoms with Crippen LogP contribution in [0.2, 0.25) is 0 Å². The van der Waals surface area contributed by atoms with Crippen LogP contribution in [0.15, 0.2) is 0 Å². The van der Waals surface area contributed by atoms with Crippen LogP contribution in [0.5, 0.6) is 0 Å². The summed E-state index contributed by atoms with van der Waals surface area (Å²) in [4.78, 5) is 0. The Bertz CT molecular complexity index is 227.